The van der Waals surface area contributed by atoms with Crippen molar-refractivity contribution in [2.75, 3.05) is 13.7 Å². The van der Waals surface area contributed by atoms with E-state index in [2.05, 4.69) is 18.8 Å². The normalized spacial score (nSPS) is 11.1. The number of aromatic nitrogens is 1. The van der Waals surface area contributed by atoms with Crippen LogP contribution in [0, 0.1) is 5.92 Å². The van der Waals surface area contributed by atoms with Crippen LogP contribution in [0.4, 0.5) is 0 Å². The number of fused-ring (bicyclic) bond motifs is 1. The lowest BCUT2D eigenvalue weighted by atomic mass is 10.1. The molecule has 0 radical (unpaired) electrons. The Balaban J connectivity index is 2.52. The minimum atomic E-state index is -0.0743. The molecule has 0 amide bonds. The first-order chi connectivity index (χ1) is 10.1. The van der Waals surface area contributed by atoms with E-state index in [9.17, 15) is 4.79 Å². The molecule has 2 rings (SSSR count). The number of nitrogens with one attached hydrogen (secondary N) is 1. The number of ether oxygens (including phenoxy) is 2. The van der Waals surface area contributed by atoms with E-state index in [1.165, 1.54) is 0 Å². The number of hydrogen-bond donors (Lipinski definition) is 1. The van der Waals surface area contributed by atoms with Gasteiger partial charge in [-0.15, -0.1) is 0 Å². The summed E-state index contributed by atoms with van der Waals surface area (Å²) in [6, 6.07) is 5.60. The van der Waals surface area contributed by atoms with E-state index in [4.69, 9.17) is 9.47 Å². The second kappa shape index (κ2) is 6.66. The van der Waals surface area contributed by atoms with Gasteiger partial charge < -0.3 is 14.5 Å². The molecule has 0 saturated heterocycles. The molecule has 0 unspecified atom stereocenters. The van der Waals surface area contributed by atoms with Crippen LogP contribution in [0.25, 0.3) is 10.9 Å². The number of aromatic amines is 1. The molecule has 1 N–H and O–H groups in total. The van der Waals surface area contributed by atoms with E-state index in [-0.39, 0.29) is 5.56 Å². The summed E-state index contributed by atoms with van der Waals surface area (Å²) in [5.41, 5.74) is 1.40. The average Bonchev–Trinajstić information content (AvgIpc) is 2.46. The van der Waals surface area contributed by atoms with Crippen molar-refractivity contribution >= 4 is 10.9 Å². The van der Waals surface area contributed by atoms with E-state index in [1.54, 1.807) is 7.11 Å². The Labute approximate surface area is 125 Å². The van der Waals surface area contributed by atoms with Gasteiger partial charge >= 0.3 is 0 Å². The zero-order valence-electron chi connectivity index (χ0n) is 13.2. The Bertz CT molecular complexity index is 674. The summed E-state index contributed by atoms with van der Waals surface area (Å²) in [4.78, 5) is 15.1. The predicted octanol–water partition coefficient (Wildman–Crippen LogP) is 3.52. The topological polar surface area (TPSA) is 51.3 Å². The Morgan fingerprint density at radius 3 is 2.67 bits per heavy atom. The molecule has 0 atom stereocenters. The fourth-order valence-electron chi connectivity index (χ4n) is 2.29. The van der Waals surface area contributed by atoms with Gasteiger partial charge in [0.15, 0.2) is 0 Å². The highest BCUT2D eigenvalue weighted by molar-refractivity contribution is 5.87. The van der Waals surface area contributed by atoms with Gasteiger partial charge in [-0.3, -0.25) is 4.79 Å². The van der Waals surface area contributed by atoms with Crippen molar-refractivity contribution in [3.05, 3.63) is 34.1 Å². The third-order valence-electron chi connectivity index (χ3n) is 3.56. The third kappa shape index (κ3) is 3.38. The first kappa shape index (κ1) is 15.4. The molecule has 1 aromatic carbocycles. The molecule has 0 aliphatic heterocycles. The van der Waals surface area contributed by atoms with Gasteiger partial charge in [0.25, 0.3) is 5.56 Å². The number of H-pyrrole nitrogens is 1. The molecule has 4 nitrogen and oxygen atoms in total. The minimum Gasteiger partial charge on any atom is -0.497 e. The van der Waals surface area contributed by atoms with Crippen LogP contribution in [0.5, 0.6) is 11.5 Å². The molecule has 4 heteroatoms. The fourth-order valence-corrected chi connectivity index (χ4v) is 2.29. The average molecular weight is 289 g/mol. The number of hydrogen-bond acceptors (Lipinski definition) is 3. The zero-order valence-corrected chi connectivity index (χ0v) is 13.2. The van der Waals surface area contributed by atoms with E-state index < -0.39 is 0 Å². The summed E-state index contributed by atoms with van der Waals surface area (Å²) in [5, 5.41) is 0.898. The van der Waals surface area contributed by atoms with Gasteiger partial charge in [0.05, 0.1) is 24.8 Å². The number of methoxy groups -OCH3 is 1. The lowest BCUT2D eigenvalue weighted by Gasteiger charge is -2.14. The summed E-state index contributed by atoms with van der Waals surface area (Å²) < 4.78 is 11.2. The number of pyridine rings is 1. The third-order valence-corrected chi connectivity index (χ3v) is 3.56. The second-order valence-corrected chi connectivity index (χ2v) is 5.56. The van der Waals surface area contributed by atoms with Gasteiger partial charge in [0.1, 0.15) is 11.5 Å². The maximum absolute atomic E-state index is 12.2. The van der Waals surface area contributed by atoms with Gasteiger partial charge in [0.2, 0.25) is 0 Å². The second-order valence-electron chi connectivity index (χ2n) is 5.56. The quantitative estimate of drug-likeness (QED) is 0.885. The standard InChI is InChI=1S/C17H23NO3/c1-5-13-16(21-9-8-11(2)3)14-10-12(20-4)6-7-15(14)18-17(13)19/h6-7,10-11H,5,8-9H2,1-4H3,(H,18,19). The van der Waals surface area contributed by atoms with Crippen molar-refractivity contribution < 1.29 is 9.47 Å². The van der Waals surface area contributed by atoms with Crippen LogP contribution in [0.15, 0.2) is 23.0 Å². The molecule has 0 aliphatic rings. The van der Waals surface area contributed by atoms with Crippen LogP contribution in [-0.4, -0.2) is 18.7 Å². The van der Waals surface area contributed by atoms with E-state index in [1.807, 2.05) is 25.1 Å². The molecular weight excluding hydrogens is 266 g/mol. The molecular formula is C17H23NO3. The van der Waals surface area contributed by atoms with Gasteiger partial charge in [-0.25, -0.2) is 0 Å². The first-order valence-corrected chi connectivity index (χ1v) is 7.42. The van der Waals surface area contributed by atoms with Crippen LogP contribution >= 0.6 is 0 Å². The first-order valence-electron chi connectivity index (χ1n) is 7.42. The summed E-state index contributed by atoms with van der Waals surface area (Å²) in [6.45, 7) is 6.89. The Kier molecular flexibility index (Phi) is 4.89. The molecule has 2 aromatic rings. The number of rotatable bonds is 6. The summed E-state index contributed by atoms with van der Waals surface area (Å²) in [7, 11) is 1.63. The monoisotopic (exact) mass is 289 g/mol. The van der Waals surface area contributed by atoms with Gasteiger partial charge in [-0.1, -0.05) is 20.8 Å². The van der Waals surface area contributed by atoms with Gasteiger partial charge in [0, 0.05) is 5.39 Å². The van der Waals surface area contributed by atoms with Crippen LogP contribution in [0.3, 0.4) is 0 Å². The van der Waals surface area contributed by atoms with Crippen molar-refractivity contribution in [3.8, 4) is 11.5 Å². The van der Waals surface area contributed by atoms with Gasteiger partial charge in [-0.05, 0) is 37.0 Å². The molecule has 21 heavy (non-hydrogen) atoms. The molecule has 0 aliphatic carbocycles. The molecule has 0 fully saturated rings. The van der Waals surface area contributed by atoms with Crippen molar-refractivity contribution in [1.82, 2.24) is 4.98 Å². The predicted molar refractivity (Wildman–Crippen MR) is 85.4 cm³/mol. The Morgan fingerprint density at radius 2 is 2.05 bits per heavy atom. The maximum Gasteiger partial charge on any atom is 0.255 e. The molecule has 0 bridgehead atoms. The van der Waals surface area contributed by atoms with Crippen molar-refractivity contribution in [2.45, 2.75) is 33.6 Å². The zero-order chi connectivity index (χ0) is 15.4. The van der Waals surface area contributed by atoms with Crippen LogP contribution in [0.1, 0.15) is 32.8 Å². The number of benzene rings is 1. The van der Waals surface area contributed by atoms with Crippen LogP contribution in [-0.2, 0) is 6.42 Å². The van der Waals surface area contributed by atoms with Crippen LogP contribution in [0.2, 0.25) is 0 Å². The van der Waals surface area contributed by atoms with E-state index in [0.29, 0.717) is 30.3 Å². The molecule has 1 aromatic heterocycles. The van der Waals surface area contributed by atoms with Gasteiger partial charge in [-0.2, -0.15) is 0 Å². The van der Waals surface area contributed by atoms with Crippen LogP contribution < -0.4 is 15.0 Å². The smallest absolute Gasteiger partial charge is 0.255 e. The molecule has 114 valence electrons. The molecule has 0 saturated carbocycles. The summed E-state index contributed by atoms with van der Waals surface area (Å²) in [6.07, 6.45) is 1.60. The van der Waals surface area contributed by atoms with E-state index in [0.717, 1.165) is 23.1 Å². The Morgan fingerprint density at radius 1 is 1.29 bits per heavy atom. The maximum atomic E-state index is 12.2. The molecule has 1 heterocycles. The Hall–Kier alpha value is -1.97. The lowest BCUT2D eigenvalue weighted by Crippen LogP contribution is -2.15. The molecule has 0 spiro atoms. The highest BCUT2D eigenvalue weighted by atomic mass is 16.5. The summed E-state index contributed by atoms with van der Waals surface area (Å²) >= 11 is 0. The highest BCUT2D eigenvalue weighted by Gasteiger charge is 2.13. The van der Waals surface area contributed by atoms with Crippen molar-refractivity contribution in [1.29, 1.82) is 0 Å². The lowest BCUT2D eigenvalue weighted by molar-refractivity contribution is 0.289. The largest absolute Gasteiger partial charge is 0.497 e. The van der Waals surface area contributed by atoms with Crippen molar-refractivity contribution in [2.24, 2.45) is 5.92 Å². The fraction of sp³-hybridized carbons (Fsp3) is 0.471. The minimum absolute atomic E-state index is 0.0743. The van der Waals surface area contributed by atoms with E-state index >= 15 is 0 Å². The summed E-state index contributed by atoms with van der Waals surface area (Å²) in [5.74, 6) is 2.01. The SMILES string of the molecule is CCc1c(OCCC(C)C)c2cc(OC)ccc2[nH]c1=O. The van der Waals surface area contributed by atoms with Crippen molar-refractivity contribution in [3.63, 3.8) is 0 Å². The highest BCUT2D eigenvalue weighted by Crippen LogP contribution is 2.30.